The molecule has 0 aliphatic carbocycles. The number of hydrogen-bond donors (Lipinski definition) is 3. The van der Waals surface area contributed by atoms with E-state index in [4.69, 9.17) is 10.5 Å². The van der Waals surface area contributed by atoms with Crippen molar-refractivity contribution in [2.45, 2.75) is 19.0 Å². The Morgan fingerprint density at radius 1 is 1.20 bits per heavy atom. The SMILES string of the molecule is COc1ccc(CC(F)CCN(c2ccc(C#N)c(NC(=O)c3ccnc4c(N)ncnc34)c2F)S(=O)O)cc1. The molecule has 206 valence electrons. The summed E-state index contributed by atoms with van der Waals surface area (Å²) in [6.45, 7) is -0.332. The number of methoxy groups -OCH3 is 1. The molecular weight excluding hydrogens is 544 g/mol. The van der Waals surface area contributed by atoms with E-state index in [-0.39, 0.29) is 47.4 Å². The molecule has 0 bridgehead atoms. The van der Waals surface area contributed by atoms with Crippen molar-refractivity contribution in [3.63, 3.8) is 0 Å². The second kappa shape index (κ2) is 12.4. The molecule has 2 heterocycles. The number of benzene rings is 2. The van der Waals surface area contributed by atoms with Gasteiger partial charge in [-0.15, -0.1) is 0 Å². The molecule has 2 unspecified atom stereocenters. The molecule has 0 saturated heterocycles. The Labute approximate surface area is 230 Å². The maximum absolute atomic E-state index is 15.7. The Morgan fingerprint density at radius 3 is 2.62 bits per heavy atom. The Kier molecular flexibility index (Phi) is 8.77. The van der Waals surface area contributed by atoms with Gasteiger partial charge in [-0.2, -0.15) is 5.26 Å². The van der Waals surface area contributed by atoms with Crippen molar-refractivity contribution in [2.75, 3.05) is 29.0 Å². The number of fused-ring (bicyclic) bond motifs is 1. The lowest BCUT2D eigenvalue weighted by Crippen LogP contribution is -2.30. The monoisotopic (exact) mass is 567 g/mol. The largest absolute Gasteiger partial charge is 0.497 e. The first-order valence-electron chi connectivity index (χ1n) is 11.8. The van der Waals surface area contributed by atoms with Gasteiger partial charge >= 0.3 is 0 Å². The molecule has 4 aromatic rings. The van der Waals surface area contributed by atoms with Gasteiger partial charge in [-0.3, -0.25) is 18.6 Å². The molecule has 2 aromatic heterocycles. The predicted octanol–water partition coefficient (Wildman–Crippen LogP) is 3.79. The quantitative estimate of drug-likeness (QED) is 0.242. The Balaban J connectivity index is 1.57. The van der Waals surface area contributed by atoms with Gasteiger partial charge < -0.3 is 15.8 Å². The molecule has 0 aliphatic heterocycles. The van der Waals surface area contributed by atoms with Crippen LogP contribution in [0.3, 0.4) is 0 Å². The summed E-state index contributed by atoms with van der Waals surface area (Å²) >= 11 is -2.74. The van der Waals surface area contributed by atoms with Gasteiger partial charge in [0.1, 0.15) is 35.4 Å². The lowest BCUT2D eigenvalue weighted by Gasteiger charge is -2.23. The standard InChI is InChI=1S/C26H23F2N7O4S/c1-39-18-5-2-15(3-6-18)12-17(27)9-11-35(40(37)38)20-7-4-16(13-29)22(21(20)28)34-26(36)19-8-10-31-24-23(19)32-14-33-25(24)30/h2-8,10,14,17H,9,11-12H2,1H3,(H,34,36)(H,37,38)(H2,30,32,33). The zero-order valence-corrected chi connectivity index (χ0v) is 21.9. The van der Waals surface area contributed by atoms with E-state index in [0.29, 0.717) is 11.3 Å². The highest BCUT2D eigenvalue weighted by molar-refractivity contribution is 7.80. The summed E-state index contributed by atoms with van der Waals surface area (Å²) < 4.78 is 58.3. The lowest BCUT2D eigenvalue weighted by molar-refractivity contribution is 0.102. The number of carbonyl (C=O) groups is 1. The van der Waals surface area contributed by atoms with E-state index in [1.165, 1.54) is 25.4 Å². The van der Waals surface area contributed by atoms with Crippen LogP contribution >= 0.6 is 0 Å². The zero-order chi connectivity index (χ0) is 28.8. The molecule has 4 N–H and O–H groups in total. The van der Waals surface area contributed by atoms with Crippen LogP contribution in [0.25, 0.3) is 11.0 Å². The normalized spacial score (nSPS) is 12.4. The highest BCUT2D eigenvalue weighted by Crippen LogP contribution is 2.31. The van der Waals surface area contributed by atoms with Crippen molar-refractivity contribution in [3.8, 4) is 11.8 Å². The first-order chi connectivity index (χ1) is 19.2. The minimum atomic E-state index is -2.74. The van der Waals surface area contributed by atoms with E-state index in [2.05, 4.69) is 20.3 Å². The molecule has 4 rings (SSSR count). The van der Waals surface area contributed by atoms with Crippen molar-refractivity contribution in [1.82, 2.24) is 15.0 Å². The fourth-order valence-corrected chi connectivity index (χ4v) is 4.55. The molecule has 0 aliphatic rings. The lowest BCUT2D eigenvalue weighted by atomic mass is 10.1. The van der Waals surface area contributed by atoms with Gasteiger partial charge in [0, 0.05) is 19.2 Å². The smallest absolute Gasteiger partial charge is 0.261 e. The molecule has 0 saturated carbocycles. The summed E-state index contributed by atoms with van der Waals surface area (Å²) in [7, 11) is 1.52. The maximum atomic E-state index is 15.7. The van der Waals surface area contributed by atoms with E-state index >= 15 is 4.39 Å². The summed E-state index contributed by atoms with van der Waals surface area (Å²) in [6, 6.07) is 12.2. The van der Waals surface area contributed by atoms with Crippen molar-refractivity contribution >= 4 is 45.4 Å². The molecular formula is C26H23F2N7O4S. The Bertz CT molecular complexity index is 1620. The predicted molar refractivity (Wildman–Crippen MR) is 145 cm³/mol. The van der Waals surface area contributed by atoms with Gasteiger partial charge in [-0.1, -0.05) is 12.1 Å². The third-order valence-corrected chi connectivity index (χ3v) is 6.75. The van der Waals surface area contributed by atoms with Crippen LogP contribution in [0.1, 0.15) is 27.9 Å². The number of pyridine rings is 1. The third-order valence-electron chi connectivity index (χ3n) is 5.99. The van der Waals surface area contributed by atoms with Crippen molar-refractivity contribution in [3.05, 3.63) is 77.5 Å². The summed E-state index contributed by atoms with van der Waals surface area (Å²) in [6.07, 6.45) is 0.851. The number of nitrogens with one attached hydrogen (secondary N) is 1. The van der Waals surface area contributed by atoms with E-state index in [9.17, 15) is 23.2 Å². The number of nitrogen functional groups attached to an aromatic ring is 1. The summed E-state index contributed by atoms with van der Waals surface area (Å²) in [5.41, 5.74) is 5.55. The average Bonchev–Trinajstić information content (AvgIpc) is 2.95. The van der Waals surface area contributed by atoms with Gasteiger partial charge in [0.2, 0.25) is 0 Å². The van der Waals surface area contributed by atoms with Gasteiger partial charge in [0.25, 0.3) is 17.2 Å². The molecule has 40 heavy (non-hydrogen) atoms. The minimum absolute atomic E-state index is 0.0193. The fourth-order valence-electron chi connectivity index (χ4n) is 3.98. The number of halogens is 2. The van der Waals surface area contributed by atoms with Crippen LogP contribution in [0.4, 0.5) is 26.0 Å². The van der Waals surface area contributed by atoms with Crippen LogP contribution in [-0.2, 0) is 17.7 Å². The van der Waals surface area contributed by atoms with Gasteiger partial charge in [0.05, 0.1) is 29.6 Å². The number of alkyl halides is 1. The molecule has 1 amide bonds. The van der Waals surface area contributed by atoms with E-state index in [1.54, 1.807) is 30.3 Å². The van der Waals surface area contributed by atoms with Gasteiger partial charge in [0.15, 0.2) is 11.6 Å². The van der Waals surface area contributed by atoms with E-state index in [1.807, 2.05) is 0 Å². The van der Waals surface area contributed by atoms with Crippen molar-refractivity contribution in [1.29, 1.82) is 5.26 Å². The highest BCUT2D eigenvalue weighted by atomic mass is 32.2. The number of carbonyl (C=O) groups excluding carboxylic acids is 1. The van der Waals surface area contributed by atoms with Crippen LogP contribution in [0.2, 0.25) is 0 Å². The number of aromatic nitrogens is 3. The maximum Gasteiger partial charge on any atom is 0.261 e. The Hall–Kier alpha value is -4.74. The number of anilines is 3. The van der Waals surface area contributed by atoms with Gasteiger partial charge in [-0.05, 0) is 42.3 Å². The average molecular weight is 568 g/mol. The van der Waals surface area contributed by atoms with Crippen LogP contribution in [0, 0.1) is 17.1 Å². The molecule has 0 fully saturated rings. The Morgan fingerprint density at radius 2 is 1.95 bits per heavy atom. The van der Waals surface area contributed by atoms with Crippen molar-refractivity contribution in [2.24, 2.45) is 0 Å². The summed E-state index contributed by atoms with van der Waals surface area (Å²) in [5.74, 6) is -1.33. The van der Waals surface area contributed by atoms with Crippen molar-refractivity contribution < 1.29 is 27.1 Å². The topological polar surface area (TPSA) is 167 Å². The number of nitrogens with two attached hydrogens (primary N) is 1. The number of rotatable bonds is 10. The van der Waals surface area contributed by atoms with Crippen LogP contribution in [-0.4, -0.2) is 49.4 Å². The van der Waals surface area contributed by atoms with Crippen LogP contribution in [0.5, 0.6) is 5.75 Å². The molecule has 11 nitrogen and oxygen atoms in total. The van der Waals surface area contributed by atoms with E-state index in [0.717, 1.165) is 16.7 Å². The fraction of sp³-hybridized carbons (Fsp3) is 0.192. The first kappa shape index (κ1) is 28.3. The van der Waals surface area contributed by atoms with E-state index < -0.39 is 40.5 Å². The molecule has 2 aromatic carbocycles. The minimum Gasteiger partial charge on any atom is -0.497 e. The highest BCUT2D eigenvalue weighted by Gasteiger charge is 2.25. The summed E-state index contributed by atoms with van der Waals surface area (Å²) in [5, 5.41) is 11.9. The second-order valence-electron chi connectivity index (χ2n) is 8.47. The number of amides is 1. The number of hydrogen-bond acceptors (Lipinski definition) is 8. The molecule has 0 spiro atoms. The first-order valence-corrected chi connectivity index (χ1v) is 12.8. The molecule has 2 atom stereocenters. The zero-order valence-electron chi connectivity index (χ0n) is 21.0. The number of nitrogens with zero attached hydrogens (tertiary/aromatic N) is 5. The van der Waals surface area contributed by atoms with Crippen LogP contribution < -0.4 is 20.1 Å². The van der Waals surface area contributed by atoms with Crippen LogP contribution in [0.15, 0.2) is 55.0 Å². The molecule has 14 heteroatoms. The second-order valence-corrected chi connectivity index (χ2v) is 9.37. The third kappa shape index (κ3) is 6.11. The number of nitriles is 1. The van der Waals surface area contributed by atoms with Gasteiger partial charge in [-0.25, -0.2) is 23.0 Å². The number of ether oxygens (including phenoxy) is 1. The molecule has 0 radical (unpaired) electrons. The summed E-state index contributed by atoms with van der Waals surface area (Å²) in [4.78, 5) is 25.0.